The van der Waals surface area contributed by atoms with Crippen LogP contribution >= 0.6 is 15.6 Å². The number of aliphatic hydroxyl groups excluding tert-OH is 1. The first kappa shape index (κ1) is 98.7. The van der Waals surface area contributed by atoms with Gasteiger partial charge in [0.2, 0.25) is 0 Å². The molecule has 592 valence electrons. The zero-order chi connectivity index (χ0) is 76.0. The summed E-state index contributed by atoms with van der Waals surface area (Å²) in [6, 6.07) is 0. The highest BCUT2D eigenvalue weighted by atomic mass is 31.2. The molecule has 0 aromatic carbocycles. The average molecular weight is 1500 g/mol. The average Bonchev–Trinajstić information content (AvgIpc) is 0.999. The fraction of sp³-hybridized carbons (Fsp3) is 0.647. The first-order valence-electron chi connectivity index (χ1n) is 39.7. The lowest BCUT2D eigenvalue weighted by atomic mass is 10.1. The molecule has 0 fully saturated rings. The Morgan fingerprint density at radius 2 is 0.538 bits per heavy atom. The summed E-state index contributed by atoms with van der Waals surface area (Å²) in [5.41, 5.74) is 0. The lowest BCUT2D eigenvalue weighted by Crippen LogP contribution is -2.30. The number of allylic oxidation sites excluding steroid dienone is 25. The highest BCUT2D eigenvalue weighted by molar-refractivity contribution is 7.47. The predicted octanol–water partition coefficient (Wildman–Crippen LogP) is 23.2. The number of carbonyl (C=O) groups is 4. The van der Waals surface area contributed by atoms with E-state index >= 15 is 0 Å². The van der Waals surface area contributed by atoms with Crippen molar-refractivity contribution in [3.63, 3.8) is 0 Å². The second-order valence-corrected chi connectivity index (χ2v) is 28.8. The normalized spacial score (nSPS) is 14.7. The Labute approximate surface area is 629 Å². The van der Waals surface area contributed by atoms with Gasteiger partial charge in [0.05, 0.1) is 32.8 Å². The molecule has 5 atom stereocenters. The largest absolute Gasteiger partial charge is 0.472 e. The van der Waals surface area contributed by atoms with Gasteiger partial charge in [-0.25, -0.2) is 9.13 Å². The van der Waals surface area contributed by atoms with Gasteiger partial charge in [-0.1, -0.05) is 276 Å². The van der Waals surface area contributed by atoms with E-state index in [1.807, 2.05) is 12.2 Å². The van der Waals surface area contributed by atoms with Gasteiger partial charge in [-0.05, 0) is 154 Å². The molecule has 0 bridgehead atoms. The minimum absolute atomic E-state index is 0.0692. The van der Waals surface area contributed by atoms with Gasteiger partial charge >= 0.3 is 39.5 Å². The van der Waals surface area contributed by atoms with Crippen molar-refractivity contribution in [3.8, 4) is 0 Å². The summed E-state index contributed by atoms with van der Waals surface area (Å²) in [5, 5.41) is 10.6. The monoisotopic (exact) mass is 1490 g/mol. The Kier molecular flexibility index (Phi) is 72.0. The molecule has 0 aromatic rings. The number of phosphoric acid groups is 2. The second kappa shape index (κ2) is 75.9. The summed E-state index contributed by atoms with van der Waals surface area (Å²) in [5.74, 6) is -2.38. The summed E-state index contributed by atoms with van der Waals surface area (Å²) in [6.45, 7) is 4.43. The Hall–Kier alpha value is -5.32. The molecule has 0 heterocycles. The molecule has 0 aliphatic rings. The predicted molar refractivity (Wildman–Crippen MR) is 427 cm³/mol. The van der Waals surface area contributed by atoms with Gasteiger partial charge in [0.1, 0.15) is 19.3 Å². The Morgan fingerprint density at radius 1 is 0.288 bits per heavy atom. The van der Waals surface area contributed by atoms with Crippen molar-refractivity contribution in [1.82, 2.24) is 0 Å². The summed E-state index contributed by atoms with van der Waals surface area (Å²) >= 11 is 0. The molecule has 0 aliphatic heterocycles. The fourth-order valence-electron chi connectivity index (χ4n) is 9.99. The van der Waals surface area contributed by atoms with Crippen molar-refractivity contribution in [2.45, 2.75) is 316 Å². The van der Waals surface area contributed by atoms with Crippen LogP contribution in [0.3, 0.4) is 0 Å². The Bertz CT molecular complexity index is 2590. The second-order valence-electron chi connectivity index (χ2n) is 25.9. The minimum Gasteiger partial charge on any atom is -0.462 e. The van der Waals surface area contributed by atoms with Crippen LogP contribution in [0, 0.1) is 0 Å². The molecule has 17 nitrogen and oxygen atoms in total. The number of rotatable bonds is 73. The van der Waals surface area contributed by atoms with Crippen LogP contribution in [0.2, 0.25) is 0 Å². The van der Waals surface area contributed by atoms with Crippen molar-refractivity contribution in [2.75, 3.05) is 39.6 Å². The van der Waals surface area contributed by atoms with E-state index in [2.05, 4.69) is 161 Å². The summed E-state index contributed by atoms with van der Waals surface area (Å²) in [7, 11) is -10.0. The quantitative estimate of drug-likeness (QED) is 0.0169. The molecule has 0 aromatic heterocycles. The number of unbranched alkanes of at least 4 members (excludes halogenated alkanes) is 22. The number of phosphoric ester groups is 2. The molecule has 19 heteroatoms. The summed E-state index contributed by atoms with van der Waals surface area (Å²) in [4.78, 5) is 73.0. The van der Waals surface area contributed by atoms with Crippen molar-refractivity contribution >= 4 is 39.5 Å². The standard InChI is InChI=1S/C85H140O17P2/c1-5-9-13-17-21-25-29-33-37-38-39-40-44-46-50-54-58-62-66-70-83(88)96-76-81(102-85(90)72-68-64-60-56-52-48-43-36-32-28-24-20-16-12-8-4)78-100-104(93,94)98-74-79(86)73-97-103(91,92)99-77-80(101-84(89)71-67-63-59-55-51-47-42-35-31-27-23-19-15-11-7-3)75-95-82(87)69-65-61-57-53-49-45-41-34-30-26-22-18-14-10-6-2/h9,12-13,16,21-28,33-37,39-43,52,56,64,68,79-81,86H,5-8,10-11,14-15,17-20,29-32,38,44-51,53-55,57-63,65-67,69-78H2,1-4H3,(H,91,92)(H,93,94)/b13-9-,16-12-,25-21-,26-22-,27-23-,28-24-,37-33-,40-39-,41-34-,42-35-,43-36-,56-52-,68-64-. The van der Waals surface area contributed by atoms with Crippen LogP contribution in [0.5, 0.6) is 0 Å². The van der Waals surface area contributed by atoms with E-state index in [0.717, 1.165) is 180 Å². The lowest BCUT2D eigenvalue weighted by Gasteiger charge is -2.21. The first-order chi connectivity index (χ1) is 50.7. The van der Waals surface area contributed by atoms with Crippen molar-refractivity contribution < 1.29 is 80.2 Å². The van der Waals surface area contributed by atoms with Crippen molar-refractivity contribution in [2.24, 2.45) is 0 Å². The van der Waals surface area contributed by atoms with Gasteiger partial charge in [-0.2, -0.15) is 0 Å². The molecule has 3 N–H and O–H groups in total. The number of aliphatic hydroxyl groups is 1. The number of hydrogen-bond acceptors (Lipinski definition) is 15. The van der Waals surface area contributed by atoms with E-state index in [9.17, 15) is 43.2 Å². The Balaban J connectivity index is 5.46. The maximum atomic E-state index is 13.1. The smallest absolute Gasteiger partial charge is 0.462 e. The zero-order valence-electron chi connectivity index (χ0n) is 64.6. The van der Waals surface area contributed by atoms with E-state index in [1.54, 1.807) is 12.2 Å². The third-order valence-corrected chi connectivity index (χ3v) is 17.9. The first-order valence-corrected chi connectivity index (χ1v) is 42.7. The molecule has 0 spiro atoms. The SMILES string of the molecule is CC/C=C\C/C=C\C/C=C\C/C=C\C/C=C\CC(=O)OC(COC(=O)CCCCCCCC/C=C\C/C=C\C/C=C\C/C=C\CC)COP(=O)(O)OCC(O)COP(=O)(O)OCC(COC(=O)CCCCCCC/C=C\C/C=C\CCCCC)OC(=O)CCCCCCC/C=C\C/C=C\CCCCC. The van der Waals surface area contributed by atoms with E-state index < -0.39 is 97.5 Å². The van der Waals surface area contributed by atoms with Gasteiger partial charge in [0.15, 0.2) is 12.2 Å². The maximum absolute atomic E-state index is 13.1. The van der Waals surface area contributed by atoms with Gasteiger partial charge in [0, 0.05) is 19.3 Å². The maximum Gasteiger partial charge on any atom is 0.472 e. The van der Waals surface area contributed by atoms with E-state index in [0.29, 0.717) is 25.7 Å². The minimum atomic E-state index is -5.01. The van der Waals surface area contributed by atoms with Gasteiger partial charge in [0.25, 0.3) is 0 Å². The third-order valence-electron chi connectivity index (χ3n) is 16.0. The van der Waals surface area contributed by atoms with Gasteiger partial charge < -0.3 is 33.8 Å². The molecular weight excluding hydrogens is 1350 g/mol. The number of hydrogen-bond donors (Lipinski definition) is 3. The number of esters is 4. The molecule has 5 unspecified atom stereocenters. The van der Waals surface area contributed by atoms with Crippen LogP contribution in [0.15, 0.2) is 158 Å². The topological polar surface area (TPSA) is 237 Å². The lowest BCUT2D eigenvalue weighted by molar-refractivity contribution is -0.161. The van der Waals surface area contributed by atoms with Gasteiger partial charge in [-0.3, -0.25) is 37.3 Å². The molecule has 0 rings (SSSR count). The van der Waals surface area contributed by atoms with Crippen LogP contribution < -0.4 is 0 Å². The van der Waals surface area contributed by atoms with Crippen LogP contribution in [-0.4, -0.2) is 96.7 Å². The van der Waals surface area contributed by atoms with E-state index in [-0.39, 0.29) is 25.7 Å². The highest BCUT2D eigenvalue weighted by Gasteiger charge is 2.30. The van der Waals surface area contributed by atoms with Gasteiger partial charge in [-0.15, -0.1) is 0 Å². The molecule has 104 heavy (non-hydrogen) atoms. The van der Waals surface area contributed by atoms with Crippen molar-refractivity contribution in [3.05, 3.63) is 158 Å². The molecule has 0 radical (unpaired) electrons. The summed E-state index contributed by atoms with van der Waals surface area (Å²) < 4.78 is 68.4. The molecule has 0 amide bonds. The van der Waals surface area contributed by atoms with Crippen LogP contribution in [-0.2, 0) is 65.4 Å². The van der Waals surface area contributed by atoms with Crippen LogP contribution in [0.1, 0.15) is 297 Å². The molecule has 0 saturated carbocycles. The highest BCUT2D eigenvalue weighted by Crippen LogP contribution is 2.45. The Morgan fingerprint density at radius 3 is 0.856 bits per heavy atom. The van der Waals surface area contributed by atoms with Crippen LogP contribution in [0.25, 0.3) is 0 Å². The van der Waals surface area contributed by atoms with E-state index in [1.165, 1.54) is 38.5 Å². The fourth-order valence-corrected chi connectivity index (χ4v) is 11.6. The summed E-state index contributed by atoms with van der Waals surface area (Å²) in [6.07, 6.45) is 88.2. The van der Waals surface area contributed by atoms with E-state index in [4.69, 9.17) is 37.0 Å². The zero-order valence-corrected chi connectivity index (χ0v) is 66.4. The molecular formula is C85H140O17P2. The number of ether oxygens (including phenoxy) is 4. The van der Waals surface area contributed by atoms with Crippen LogP contribution in [0.4, 0.5) is 0 Å². The molecule has 0 saturated heterocycles. The van der Waals surface area contributed by atoms with Crippen molar-refractivity contribution in [1.29, 1.82) is 0 Å². The third kappa shape index (κ3) is 74.9. The molecule has 0 aliphatic carbocycles. The number of carbonyl (C=O) groups excluding carboxylic acids is 4.